The van der Waals surface area contributed by atoms with E-state index in [4.69, 9.17) is 0 Å². The molecule has 1 N–H and O–H groups in total. The molecule has 8 heteroatoms. The number of likely N-dealkylation sites (tertiary alicyclic amines) is 1. The van der Waals surface area contributed by atoms with Gasteiger partial charge in [0.1, 0.15) is 0 Å². The highest BCUT2D eigenvalue weighted by Crippen LogP contribution is 2.29. The van der Waals surface area contributed by atoms with Crippen molar-refractivity contribution >= 4 is 49.3 Å². The minimum absolute atomic E-state index is 0.0774. The first-order valence-electron chi connectivity index (χ1n) is 8.17. The highest BCUT2D eigenvalue weighted by Gasteiger charge is 2.24. The molecule has 1 heterocycles. The minimum Gasteiger partial charge on any atom is -0.339 e. The number of amides is 1. The number of halogens is 1. The lowest BCUT2D eigenvalue weighted by atomic mass is 10.2. The lowest BCUT2D eigenvalue weighted by molar-refractivity contribution is 0.0789. The van der Waals surface area contributed by atoms with Gasteiger partial charge in [-0.25, -0.2) is 8.42 Å². The molecule has 138 valence electrons. The van der Waals surface area contributed by atoms with Crippen molar-refractivity contribution in [3.8, 4) is 0 Å². The van der Waals surface area contributed by atoms with Gasteiger partial charge < -0.3 is 4.90 Å². The number of sulfonamides is 1. The number of rotatable bonds is 5. The number of benzene rings is 2. The van der Waals surface area contributed by atoms with Gasteiger partial charge >= 0.3 is 0 Å². The summed E-state index contributed by atoms with van der Waals surface area (Å²) in [4.78, 5) is 15.4. The summed E-state index contributed by atoms with van der Waals surface area (Å²) < 4.78 is 28.8. The number of hydrogen-bond donors (Lipinski definition) is 1. The van der Waals surface area contributed by atoms with Crippen molar-refractivity contribution in [2.24, 2.45) is 0 Å². The Morgan fingerprint density at radius 2 is 1.85 bits per heavy atom. The van der Waals surface area contributed by atoms with E-state index in [1.807, 2.05) is 12.3 Å². The molecule has 1 fully saturated rings. The van der Waals surface area contributed by atoms with E-state index in [2.05, 4.69) is 20.7 Å². The third-order valence-electron chi connectivity index (χ3n) is 4.22. The predicted molar refractivity (Wildman–Crippen MR) is 108 cm³/mol. The molecule has 0 saturated carbocycles. The third-order valence-corrected chi connectivity index (χ3v) is 7.07. The summed E-state index contributed by atoms with van der Waals surface area (Å²) in [6.45, 7) is 1.44. The van der Waals surface area contributed by atoms with Gasteiger partial charge in [0.25, 0.3) is 15.9 Å². The van der Waals surface area contributed by atoms with Crippen molar-refractivity contribution in [3.05, 3.63) is 52.5 Å². The maximum atomic E-state index is 12.8. The molecule has 1 aliphatic heterocycles. The van der Waals surface area contributed by atoms with Crippen LogP contribution in [0.2, 0.25) is 0 Å². The zero-order chi connectivity index (χ0) is 18.7. The normalized spacial score (nSPS) is 14.5. The molecule has 1 aliphatic rings. The molecule has 0 atom stereocenters. The van der Waals surface area contributed by atoms with E-state index in [9.17, 15) is 13.2 Å². The van der Waals surface area contributed by atoms with Gasteiger partial charge in [-0.1, -0.05) is 12.1 Å². The molecule has 0 bridgehead atoms. The molecule has 1 saturated heterocycles. The predicted octanol–water partition coefficient (Wildman–Crippen LogP) is 4.21. The van der Waals surface area contributed by atoms with E-state index in [-0.39, 0.29) is 10.8 Å². The maximum absolute atomic E-state index is 12.8. The van der Waals surface area contributed by atoms with E-state index in [1.54, 1.807) is 29.2 Å². The van der Waals surface area contributed by atoms with Gasteiger partial charge in [0.05, 0.1) is 16.1 Å². The van der Waals surface area contributed by atoms with Crippen LogP contribution in [0.3, 0.4) is 0 Å². The van der Waals surface area contributed by atoms with Crippen molar-refractivity contribution in [1.29, 1.82) is 0 Å². The molecule has 0 unspecified atom stereocenters. The average Bonchev–Trinajstić information content (AvgIpc) is 3.17. The molecule has 0 aromatic heterocycles. The quantitative estimate of drug-likeness (QED) is 0.687. The first kappa shape index (κ1) is 19.3. The monoisotopic (exact) mass is 454 g/mol. The van der Waals surface area contributed by atoms with Gasteiger partial charge in [-0.05, 0) is 65.4 Å². The van der Waals surface area contributed by atoms with Crippen LogP contribution in [0.15, 0.2) is 56.7 Å². The molecule has 2 aromatic rings. The number of carbonyl (C=O) groups is 1. The molecule has 2 aromatic carbocycles. The Morgan fingerprint density at radius 1 is 1.15 bits per heavy atom. The molecular formula is C18H19BrN2O3S2. The van der Waals surface area contributed by atoms with Gasteiger partial charge in [0.15, 0.2) is 0 Å². The summed E-state index contributed by atoms with van der Waals surface area (Å²) >= 11 is 4.77. The SMILES string of the molecule is CSc1ccc(S(=O)(=O)Nc2ccccc2Br)cc1C(=O)N1CCCC1. The van der Waals surface area contributed by atoms with Crippen LogP contribution in [0.25, 0.3) is 0 Å². The Morgan fingerprint density at radius 3 is 2.50 bits per heavy atom. The van der Waals surface area contributed by atoms with Gasteiger partial charge in [-0.2, -0.15) is 0 Å². The molecule has 0 spiro atoms. The molecule has 0 radical (unpaired) electrons. The zero-order valence-electron chi connectivity index (χ0n) is 14.2. The number of nitrogens with one attached hydrogen (secondary N) is 1. The average molecular weight is 455 g/mol. The van der Waals surface area contributed by atoms with Gasteiger partial charge in [-0.3, -0.25) is 9.52 Å². The molecular weight excluding hydrogens is 436 g/mol. The van der Waals surface area contributed by atoms with Crippen LogP contribution in [0.4, 0.5) is 5.69 Å². The molecule has 5 nitrogen and oxygen atoms in total. The Kier molecular flexibility index (Phi) is 5.94. The Hall–Kier alpha value is -1.51. The highest BCUT2D eigenvalue weighted by molar-refractivity contribution is 9.10. The summed E-state index contributed by atoms with van der Waals surface area (Å²) in [6.07, 6.45) is 3.85. The highest BCUT2D eigenvalue weighted by atomic mass is 79.9. The fourth-order valence-electron chi connectivity index (χ4n) is 2.86. The van der Waals surface area contributed by atoms with E-state index in [1.165, 1.54) is 23.9 Å². The summed E-state index contributed by atoms with van der Waals surface area (Å²) in [7, 11) is -3.80. The van der Waals surface area contributed by atoms with E-state index in [0.29, 0.717) is 15.7 Å². The summed E-state index contributed by atoms with van der Waals surface area (Å²) in [5.41, 5.74) is 0.892. The van der Waals surface area contributed by atoms with Crippen LogP contribution in [0, 0.1) is 0 Å². The Balaban J connectivity index is 1.96. The van der Waals surface area contributed by atoms with Gasteiger partial charge in [0, 0.05) is 22.5 Å². The number of para-hydroxylation sites is 1. The number of carbonyl (C=O) groups excluding carboxylic acids is 1. The van der Waals surface area contributed by atoms with Crippen molar-refractivity contribution in [2.45, 2.75) is 22.6 Å². The molecule has 0 aliphatic carbocycles. The standard InChI is InChI=1S/C18H19BrN2O3S2/c1-25-17-9-8-13(12-14(17)18(22)21-10-4-5-11-21)26(23,24)20-16-7-3-2-6-15(16)19/h2-3,6-9,12,20H,4-5,10-11H2,1H3. The fourth-order valence-corrected chi connectivity index (χ4v) is 5.05. The Labute approximate surface area is 166 Å². The second-order valence-corrected chi connectivity index (χ2v) is 9.33. The minimum atomic E-state index is -3.80. The van der Waals surface area contributed by atoms with Crippen LogP contribution in [0.1, 0.15) is 23.2 Å². The zero-order valence-corrected chi connectivity index (χ0v) is 17.5. The molecule has 1 amide bonds. The number of nitrogens with zero attached hydrogens (tertiary/aromatic N) is 1. The first-order chi connectivity index (χ1) is 12.4. The van der Waals surface area contributed by atoms with Crippen molar-refractivity contribution in [2.75, 3.05) is 24.1 Å². The summed E-state index contributed by atoms with van der Waals surface area (Å²) in [5, 5.41) is 0. The number of anilines is 1. The van der Waals surface area contributed by atoms with Crippen molar-refractivity contribution < 1.29 is 13.2 Å². The molecule has 26 heavy (non-hydrogen) atoms. The second-order valence-electron chi connectivity index (χ2n) is 5.95. The van der Waals surface area contributed by atoms with E-state index in [0.717, 1.165) is 30.8 Å². The van der Waals surface area contributed by atoms with Crippen LogP contribution in [-0.2, 0) is 10.0 Å². The second kappa shape index (κ2) is 8.02. The summed E-state index contributed by atoms with van der Waals surface area (Å²) in [6, 6.07) is 11.7. The van der Waals surface area contributed by atoms with E-state index >= 15 is 0 Å². The van der Waals surface area contributed by atoms with Crippen LogP contribution in [-0.4, -0.2) is 38.6 Å². The fraction of sp³-hybridized carbons (Fsp3) is 0.278. The number of hydrogen-bond acceptors (Lipinski definition) is 4. The number of thioether (sulfide) groups is 1. The summed E-state index contributed by atoms with van der Waals surface area (Å²) in [5.74, 6) is -0.107. The lowest BCUT2D eigenvalue weighted by Gasteiger charge is -2.18. The largest absolute Gasteiger partial charge is 0.339 e. The first-order valence-corrected chi connectivity index (χ1v) is 11.7. The van der Waals surface area contributed by atoms with Crippen LogP contribution in [0.5, 0.6) is 0 Å². The van der Waals surface area contributed by atoms with Crippen LogP contribution >= 0.6 is 27.7 Å². The molecule has 3 rings (SSSR count). The van der Waals surface area contributed by atoms with Crippen LogP contribution < -0.4 is 4.72 Å². The topological polar surface area (TPSA) is 66.5 Å². The Bertz CT molecular complexity index is 926. The third kappa shape index (κ3) is 4.07. The van der Waals surface area contributed by atoms with Crippen molar-refractivity contribution in [1.82, 2.24) is 4.90 Å². The van der Waals surface area contributed by atoms with E-state index < -0.39 is 10.0 Å². The lowest BCUT2D eigenvalue weighted by Crippen LogP contribution is -2.28. The smallest absolute Gasteiger partial charge is 0.261 e. The maximum Gasteiger partial charge on any atom is 0.261 e. The van der Waals surface area contributed by atoms with Gasteiger partial charge in [-0.15, -0.1) is 11.8 Å². The van der Waals surface area contributed by atoms with Crippen molar-refractivity contribution in [3.63, 3.8) is 0 Å². The van der Waals surface area contributed by atoms with Gasteiger partial charge in [0.2, 0.25) is 0 Å².